The van der Waals surface area contributed by atoms with E-state index in [0.717, 1.165) is 12.8 Å². The van der Waals surface area contributed by atoms with Crippen LogP contribution in [0.4, 0.5) is 0 Å². The van der Waals surface area contributed by atoms with Gasteiger partial charge in [0.2, 0.25) is 10.0 Å². The monoisotopic (exact) mass is 273 g/mol. The topological polar surface area (TPSA) is 77.2 Å². The number of hydrogen-bond donors (Lipinski definition) is 1. The van der Waals surface area contributed by atoms with E-state index in [2.05, 4.69) is 0 Å². The van der Waals surface area contributed by atoms with Crippen LogP contribution >= 0.6 is 0 Å². The van der Waals surface area contributed by atoms with Gasteiger partial charge in [-0.3, -0.25) is 4.79 Å². The zero-order valence-electron chi connectivity index (χ0n) is 11.6. The highest BCUT2D eigenvalue weighted by atomic mass is 32.2. The van der Waals surface area contributed by atoms with Crippen molar-refractivity contribution in [1.29, 1.82) is 0 Å². The van der Waals surface area contributed by atoms with Crippen molar-refractivity contribution in [2.24, 2.45) is 21.9 Å². The highest BCUT2D eigenvalue weighted by molar-refractivity contribution is 7.91. The van der Waals surface area contributed by atoms with Crippen molar-refractivity contribution >= 4 is 15.8 Å². The lowest BCUT2D eigenvalue weighted by Gasteiger charge is -2.35. The molecular weight excluding hydrogens is 250 g/mol. The van der Waals surface area contributed by atoms with E-state index in [0.29, 0.717) is 12.8 Å². The van der Waals surface area contributed by atoms with Crippen LogP contribution in [-0.4, -0.2) is 18.9 Å². The number of carbonyl (C=O) groups excluding carboxylic acids is 1. The number of Topliss-reactive ketones (excluding diaryl/α,β-unsaturated/α-hetero) is 1. The highest BCUT2D eigenvalue weighted by Crippen LogP contribution is 2.69. The van der Waals surface area contributed by atoms with Crippen LogP contribution in [-0.2, 0) is 14.8 Å². The van der Waals surface area contributed by atoms with Gasteiger partial charge < -0.3 is 0 Å². The van der Waals surface area contributed by atoms with E-state index in [1.54, 1.807) is 0 Å². The minimum atomic E-state index is -3.87. The van der Waals surface area contributed by atoms with Gasteiger partial charge in [0.25, 0.3) is 0 Å². The number of primary sulfonamides is 1. The molecule has 3 unspecified atom stereocenters. The van der Waals surface area contributed by atoms with Crippen molar-refractivity contribution < 1.29 is 13.2 Å². The summed E-state index contributed by atoms with van der Waals surface area (Å²) in [7, 11) is -3.87. The quantitative estimate of drug-likeness (QED) is 0.852. The van der Waals surface area contributed by atoms with E-state index in [-0.39, 0.29) is 17.1 Å². The first kappa shape index (κ1) is 14.0. The summed E-state index contributed by atoms with van der Waals surface area (Å²) >= 11 is 0. The van der Waals surface area contributed by atoms with E-state index in [1.165, 1.54) is 0 Å². The van der Waals surface area contributed by atoms with Crippen LogP contribution in [0.3, 0.4) is 0 Å². The smallest absolute Gasteiger partial charge is 0.222 e. The van der Waals surface area contributed by atoms with Gasteiger partial charge >= 0.3 is 0 Å². The third-order valence-electron chi connectivity index (χ3n) is 5.80. The van der Waals surface area contributed by atoms with E-state index >= 15 is 0 Å². The Morgan fingerprint density at radius 3 is 2.22 bits per heavy atom. The molecule has 2 N–H and O–H groups in total. The average molecular weight is 273 g/mol. The summed E-state index contributed by atoms with van der Waals surface area (Å²) < 4.78 is 22.9. The number of fused-ring (bicyclic) bond motifs is 2. The summed E-state index contributed by atoms with van der Waals surface area (Å²) in [5, 5.41) is 5.47. The number of rotatable bonds is 3. The summed E-state index contributed by atoms with van der Waals surface area (Å²) in [5.41, 5.74) is -0.828. The Hall–Kier alpha value is -0.420. The predicted octanol–water partition coefficient (Wildman–Crippen LogP) is 1.84. The lowest BCUT2D eigenvalue weighted by molar-refractivity contribution is -0.130. The molecule has 0 aliphatic heterocycles. The normalized spacial score (nSPS) is 42.5. The largest absolute Gasteiger partial charge is 0.297 e. The first-order valence-electron chi connectivity index (χ1n) is 6.63. The van der Waals surface area contributed by atoms with Gasteiger partial charge in [-0.1, -0.05) is 34.1 Å². The van der Waals surface area contributed by atoms with E-state index in [4.69, 9.17) is 5.14 Å². The Kier molecular flexibility index (Phi) is 2.78. The molecule has 0 amide bonds. The molecule has 2 aliphatic rings. The molecule has 104 valence electrons. The zero-order valence-corrected chi connectivity index (χ0v) is 12.4. The van der Waals surface area contributed by atoms with Crippen LogP contribution in [0, 0.1) is 16.7 Å². The van der Waals surface area contributed by atoms with Crippen molar-refractivity contribution in [3.8, 4) is 0 Å². The predicted molar refractivity (Wildman–Crippen MR) is 70.4 cm³/mol. The molecule has 0 aromatic heterocycles. The third-order valence-corrected chi connectivity index (χ3v) is 7.49. The van der Waals surface area contributed by atoms with Crippen LogP contribution in [0.1, 0.15) is 53.4 Å². The minimum Gasteiger partial charge on any atom is -0.297 e. The molecule has 0 aromatic rings. The molecule has 2 bridgehead atoms. The maximum absolute atomic E-state index is 12.8. The van der Waals surface area contributed by atoms with Crippen molar-refractivity contribution in [2.45, 2.75) is 58.1 Å². The second kappa shape index (κ2) is 3.57. The number of carbonyl (C=O) groups is 1. The summed E-state index contributed by atoms with van der Waals surface area (Å²) in [5.74, 6) is -0.280. The molecule has 2 fully saturated rings. The first-order chi connectivity index (χ1) is 8.05. The van der Waals surface area contributed by atoms with Crippen LogP contribution in [0.25, 0.3) is 0 Å². The van der Waals surface area contributed by atoms with Gasteiger partial charge in [-0.25, -0.2) is 13.6 Å². The summed E-state index contributed by atoms with van der Waals surface area (Å²) in [6, 6.07) is 0. The fourth-order valence-electron chi connectivity index (χ4n) is 4.48. The first-order valence-corrected chi connectivity index (χ1v) is 8.17. The molecule has 3 atom stereocenters. The van der Waals surface area contributed by atoms with Gasteiger partial charge in [0.05, 0.1) is 0 Å². The minimum absolute atomic E-state index is 0.138. The summed E-state index contributed by atoms with van der Waals surface area (Å²) in [6.45, 7) is 7.86. The molecule has 18 heavy (non-hydrogen) atoms. The van der Waals surface area contributed by atoms with Crippen molar-refractivity contribution in [3.05, 3.63) is 0 Å². The standard InChI is InChI=1S/C13H23NO3S/c1-5-7-13(18(14,16)17)9-6-8-12(4,10(13)15)11(9,2)3/h9H,5-8H2,1-4H3,(H2,14,16,17). The third kappa shape index (κ3) is 1.24. The Balaban J connectivity index is 2.69. The number of ketones is 1. The molecule has 2 saturated carbocycles. The van der Waals surface area contributed by atoms with Crippen LogP contribution in [0.5, 0.6) is 0 Å². The molecule has 0 saturated heterocycles. The van der Waals surface area contributed by atoms with E-state index in [1.807, 2.05) is 27.7 Å². The molecule has 0 aromatic carbocycles. The van der Waals surface area contributed by atoms with Gasteiger partial charge in [0.1, 0.15) is 4.75 Å². The van der Waals surface area contributed by atoms with Crippen LogP contribution in [0.2, 0.25) is 0 Å². The Bertz CT molecular complexity index is 496. The molecule has 0 radical (unpaired) electrons. The van der Waals surface area contributed by atoms with Gasteiger partial charge in [-0.05, 0) is 30.6 Å². The Morgan fingerprint density at radius 2 is 1.89 bits per heavy atom. The molecule has 0 heterocycles. The van der Waals surface area contributed by atoms with Gasteiger partial charge in [-0.2, -0.15) is 0 Å². The highest BCUT2D eigenvalue weighted by Gasteiger charge is 2.76. The molecule has 2 rings (SSSR count). The molecule has 5 heteroatoms. The molecule has 2 aliphatic carbocycles. The fourth-order valence-corrected chi connectivity index (χ4v) is 6.26. The summed E-state index contributed by atoms with van der Waals surface area (Å²) in [4.78, 5) is 12.8. The van der Waals surface area contributed by atoms with Crippen molar-refractivity contribution in [1.82, 2.24) is 0 Å². The average Bonchev–Trinajstić information content (AvgIpc) is 2.51. The SMILES string of the molecule is CCCC1(S(N)(=O)=O)C(=O)C2(C)CCC1C2(C)C. The van der Waals surface area contributed by atoms with E-state index in [9.17, 15) is 13.2 Å². The van der Waals surface area contributed by atoms with Crippen LogP contribution in [0.15, 0.2) is 0 Å². The van der Waals surface area contributed by atoms with Crippen LogP contribution < -0.4 is 5.14 Å². The Labute approximate surface area is 109 Å². The lowest BCUT2D eigenvalue weighted by atomic mass is 9.70. The zero-order chi connectivity index (χ0) is 14.0. The van der Waals surface area contributed by atoms with Gasteiger partial charge in [0.15, 0.2) is 5.78 Å². The fraction of sp³-hybridized carbons (Fsp3) is 0.923. The Morgan fingerprint density at radius 1 is 1.33 bits per heavy atom. The van der Waals surface area contributed by atoms with Crippen molar-refractivity contribution in [3.63, 3.8) is 0 Å². The number of sulfonamides is 1. The second-order valence-electron chi connectivity index (χ2n) is 6.66. The van der Waals surface area contributed by atoms with Gasteiger partial charge in [-0.15, -0.1) is 0 Å². The maximum Gasteiger partial charge on any atom is 0.222 e. The maximum atomic E-state index is 12.8. The molecule has 0 spiro atoms. The molecule has 4 nitrogen and oxygen atoms in total. The molecular formula is C13H23NO3S. The van der Waals surface area contributed by atoms with Gasteiger partial charge in [0, 0.05) is 5.41 Å². The van der Waals surface area contributed by atoms with Crippen molar-refractivity contribution in [2.75, 3.05) is 0 Å². The lowest BCUT2D eigenvalue weighted by Crippen LogP contribution is -2.55. The number of nitrogens with two attached hydrogens (primary N) is 1. The summed E-state index contributed by atoms with van der Waals surface area (Å²) in [6.07, 6.45) is 2.58. The van der Waals surface area contributed by atoms with E-state index < -0.39 is 20.2 Å². The second-order valence-corrected chi connectivity index (χ2v) is 8.48. The number of hydrogen-bond acceptors (Lipinski definition) is 3.